The maximum absolute atomic E-state index is 12.6. The van der Waals surface area contributed by atoms with Crippen LogP contribution in [-0.4, -0.2) is 11.7 Å². The van der Waals surface area contributed by atoms with E-state index in [0.717, 1.165) is 0 Å². The van der Waals surface area contributed by atoms with Crippen LogP contribution in [0.1, 0.15) is 33.4 Å². The lowest BCUT2D eigenvalue weighted by Crippen LogP contribution is -2.12. The van der Waals surface area contributed by atoms with Crippen molar-refractivity contribution in [2.75, 3.05) is 5.32 Å². The highest BCUT2D eigenvalue weighted by molar-refractivity contribution is 6.35. The maximum Gasteiger partial charge on any atom is 0.259 e. The Kier molecular flexibility index (Phi) is 5.16. The van der Waals surface area contributed by atoms with E-state index in [-0.39, 0.29) is 11.7 Å². The molecular formula is C20H15Cl2NO3. The van der Waals surface area contributed by atoms with Gasteiger partial charge in [-0.25, -0.2) is 0 Å². The average molecular weight is 388 g/mol. The number of halogens is 2. The fourth-order valence-electron chi connectivity index (χ4n) is 2.56. The summed E-state index contributed by atoms with van der Waals surface area (Å²) in [6.07, 6.45) is 0. The second-order valence-corrected chi connectivity index (χ2v) is 6.70. The Labute approximate surface area is 160 Å². The molecule has 26 heavy (non-hydrogen) atoms. The maximum atomic E-state index is 12.6. The Morgan fingerprint density at radius 3 is 2.35 bits per heavy atom. The average Bonchev–Trinajstić information content (AvgIpc) is 2.96. The number of hydrogen-bond donors (Lipinski definition) is 1. The Morgan fingerprint density at radius 2 is 1.69 bits per heavy atom. The van der Waals surface area contributed by atoms with Crippen molar-refractivity contribution in [3.05, 3.63) is 75.5 Å². The van der Waals surface area contributed by atoms with Gasteiger partial charge in [0.25, 0.3) is 5.91 Å². The van der Waals surface area contributed by atoms with Gasteiger partial charge in [0.2, 0.25) is 0 Å². The van der Waals surface area contributed by atoms with Gasteiger partial charge in [0.15, 0.2) is 5.78 Å². The minimum atomic E-state index is -0.327. The van der Waals surface area contributed by atoms with E-state index in [9.17, 15) is 9.59 Å². The minimum Gasteiger partial charge on any atom is -0.461 e. The van der Waals surface area contributed by atoms with Gasteiger partial charge in [0, 0.05) is 26.9 Å². The number of ketones is 1. The topological polar surface area (TPSA) is 59.3 Å². The Hall–Kier alpha value is -2.56. The first-order valence-electron chi connectivity index (χ1n) is 7.83. The number of benzene rings is 2. The first kappa shape index (κ1) is 18.2. The van der Waals surface area contributed by atoms with Crippen LogP contribution in [-0.2, 0) is 0 Å². The highest BCUT2D eigenvalue weighted by Crippen LogP contribution is 2.30. The molecule has 0 aliphatic rings. The molecule has 3 aromatic rings. The molecule has 132 valence electrons. The molecule has 2 aromatic carbocycles. The summed E-state index contributed by atoms with van der Waals surface area (Å²) in [7, 11) is 0. The lowest BCUT2D eigenvalue weighted by atomic mass is 10.1. The van der Waals surface area contributed by atoms with Gasteiger partial charge in [-0.1, -0.05) is 35.3 Å². The molecule has 0 unspecified atom stereocenters. The fraction of sp³-hybridized carbons (Fsp3) is 0.100. The third-order valence-corrected chi connectivity index (χ3v) is 4.27. The predicted molar refractivity (Wildman–Crippen MR) is 103 cm³/mol. The van der Waals surface area contributed by atoms with Crippen LogP contribution in [0.2, 0.25) is 10.0 Å². The van der Waals surface area contributed by atoms with Crippen molar-refractivity contribution in [1.82, 2.24) is 0 Å². The van der Waals surface area contributed by atoms with Gasteiger partial charge in [-0.15, -0.1) is 0 Å². The molecule has 1 N–H and O–H groups in total. The summed E-state index contributed by atoms with van der Waals surface area (Å²) in [6.45, 7) is 3.18. The minimum absolute atomic E-state index is 0.0688. The van der Waals surface area contributed by atoms with Crippen molar-refractivity contribution < 1.29 is 14.0 Å². The standard InChI is InChI=1S/C20H15Cl2NO3/c1-11(24)13-4-3-5-17(8-13)23-20(25)18-10-19(26-12(18)2)14-6-15(21)9-16(22)7-14/h3-10H,1-2H3,(H,23,25). The molecule has 0 aliphatic heterocycles. The Bertz CT molecular complexity index is 988. The monoisotopic (exact) mass is 387 g/mol. The van der Waals surface area contributed by atoms with Gasteiger partial charge in [-0.3, -0.25) is 9.59 Å². The van der Waals surface area contributed by atoms with Gasteiger partial charge in [0.05, 0.1) is 5.56 Å². The molecule has 0 radical (unpaired) electrons. The van der Waals surface area contributed by atoms with Crippen LogP contribution in [0, 0.1) is 6.92 Å². The number of anilines is 1. The number of amides is 1. The fourth-order valence-corrected chi connectivity index (χ4v) is 3.09. The number of aryl methyl sites for hydroxylation is 1. The summed E-state index contributed by atoms with van der Waals surface area (Å²) in [4.78, 5) is 24.1. The zero-order valence-electron chi connectivity index (χ0n) is 14.1. The number of rotatable bonds is 4. The van der Waals surface area contributed by atoms with Crippen LogP contribution >= 0.6 is 23.2 Å². The zero-order chi connectivity index (χ0) is 18.8. The van der Waals surface area contributed by atoms with E-state index in [1.165, 1.54) is 6.92 Å². The highest BCUT2D eigenvalue weighted by atomic mass is 35.5. The number of carbonyl (C=O) groups excluding carboxylic acids is 2. The molecule has 3 rings (SSSR count). The first-order valence-corrected chi connectivity index (χ1v) is 8.58. The molecule has 0 atom stereocenters. The summed E-state index contributed by atoms with van der Waals surface area (Å²) < 4.78 is 5.70. The summed E-state index contributed by atoms with van der Waals surface area (Å²) in [6, 6.07) is 13.5. The second-order valence-electron chi connectivity index (χ2n) is 5.83. The number of furan rings is 1. The third kappa shape index (κ3) is 3.98. The predicted octanol–water partition coefficient (Wildman–Crippen LogP) is 6.02. The molecule has 0 saturated carbocycles. The van der Waals surface area contributed by atoms with Crippen molar-refractivity contribution in [2.45, 2.75) is 13.8 Å². The molecule has 1 heterocycles. The Balaban J connectivity index is 1.88. The summed E-state index contributed by atoms with van der Waals surface area (Å²) in [5.41, 5.74) is 2.14. The molecule has 0 spiro atoms. The van der Waals surface area contributed by atoms with E-state index in [1.54, 1.807) is 55.5 Å². The summed E-state index contributed by atoms with van der Waals surface area (Å²) in [5, 5.41) is 3.74. The van der Waals surface area contributed by atoms with E-state index < -0.39 is 0 Å². The molecule has 6 heteroatoms. The van der Waals surface area contributed by atoms with Crippen molar-refractivity contribution in [1.29, 1.82) is 0 Å². The van der Waals surface area contributed by atoms with Crippen LogP contribution in [0.3, 0.4) is 0 Å². The number of Topliss-reactive ketones (excluding diaryl/α,β-unsaturated/α-hetero) is 1. The molecule has 0 fully saturated rings. The van der Waals surface area contributed by atoms with Crippen LogP contribution in [0.15, 0.2) is 52.9 Å². The van der Waals surface area contributed by atoms with Crippen molar-refractivity contribution in [2.24, 2.45) is 0 Å². The molecule has 0 bridgehead atoms. The number of hydrogen-bond acceptors (Lipinski definition) is 3. The zero-order valence-corrected chi connectivity index (χ0v) is 15.6. The first-order chi connectivity index (χ1) is 12.3. The lowest BCUT2D eigenvalue weighted by Gasteiger charge is -2.05. The van der Waals surface area contributed by atoms with Crippen molar-refractivity contribution in [3.8, 4) is 11.3 Å². The number of carbonyl (C=O) groups is 2. The summed E-state index contributed by atoms with van der Waals surface area (Å²) >= 11 is 12.0. The molecule has 1 amide bonds. The molecule has 0 saturated heterocycles. The highest BCUT2D eigenvalue weighted by Gasteiger charge is 2.17. The second kappa shape index (κ2) is 7.36. The van der Waals surface area contributed by atoms with Crippen LogP contribution in [0.5, 0.6) is 0 Å². The molecule has 4 nitrogen and oxygen atoms in total. The van der Waals surface area contributed by atoms with Crippen molar-refractivity contribution >= 4 is 40.6 Å². The van der Waals surface area contributed by atoms with Crippen LogP contribution < -0.4 is 5.32 Å². The Morgan fingerprint density at radius 1 is 1.00 bits per heavy atom. The lowest BCUT2D eigenvalue weighted by molar-refractivity contribution is 0.101. The summed E-state index contributed by atoms with van der Waals surface area (Å²) in [5.74, 6) is 0.567. The molecule has 1 aromatic heterocycles. The largest absolute Gasteiger partial charge is 0.461 e. The molecular weight excluding hydrogens is 373 g/mol. The van der Waals surface area contributed by atoms with E-state index in [2.05, 4.69) is 5.32 Å². The van der Waals surface area contributed by atoms with Gasteiger partial charge in [-0.05, 0) is 50.2 Å². The molecule has 0 aliphatic carbocycles. The van der Waals surface area contributed by atoms with Gasteiger partial charge < -0.3 is 9.73 Å². The van der Waals surface area contributed by atoms with E-state index in [1.807, 2.05) is 0 Å². The van der Waals surface area contributed by atoms with Gasteiger partial charge >= 0.3 is 0 Å². The van der Waals surface area contributed by atoms with Crippen molar-refractivity contribution in [3.63, 3.8) is 0 Å². The van der Waals surface area contributed by atoms with E-state index in [4.69, 9.17) is 27.6 Å². The number of nitrogens with one attached hydrogen (secondary N) is 1. The van der Waals surface area contributed by atoms with Crippen LogP contribution in [0.25, 0.3) is 11.3 Å². The smallest absolute Gasteiger partial charge is 0.259 e. The van der Waals surface area contributed by atoms with Gasteiger partial charge in [0.1, 0.15) is 11.5 Å². The van der Waals surface area contributed by atoms with E-state index >= 15 is 0 Å². The van der Waals surface area contributed by atoms with E-state index in [0.29, 0.717) is 43.9 Å². The third-order valence-electron chi connectivity index (χ3n) is 3.84. The van der Waals surface area contributed by atoms with Gasteiger partial charge in [-0.2, -0.15) is 0 Å². The SMILES string of the molecule is CC(=O)c1cccc(NC(=O)c2cc(-c3cc(Cl)cc(Cl)c3)oc2C)c1. The normalized spacial score (nSPS) is 10.6. The van der Waals surface area contributed by atoms with Crippen LogP contribution in [0.4, 0.5) is 5.69 Å². The quantitative estimate of drug-likeness (QED) is 0.557.